The zero-order chi connectivity index (χ0) is 11.8. The number of nitrogens with zero attached hydrogens (tertiary/aromatic N) is 1. The van der Waals surface area contributed by atoms with E-state index in [0.29, 0.717) is 6.61 Å². The van der Waals surface area contributed by atoms with Gasteiger partial charge in [-0.1, -0.05) is 39.5 Å². The lowest BCUT2D eigenvalue weighted by molar-refractivity contribution is 0.110. The molecule has 96 valence electrons. The summed E-state index contributed by atoms with van der Waals surface area (Å²) in [4.78, 5) is 2.54. The van der Waals surface area contributed by atoms with Crippen molar-refractivity contribution in [2.45, 2.75) is 64.8 Å². The van der Waals surface area contributed by atoms with E-state index in [2.05, 4.69) is 18.7 Å². The molecule has 2 unspecified atom stereocenters. The van der Waals surface area contributed by atoms with Crippen LogP contribution in [0.15, 0.2) is 0 Å². The quantitative estimate of drug-likeness (QED) is 0.705. The van der Waals surface area contributed by atoms with Crippen LogP contribution in [0, 0.1) is 5.92 Å². The SMILES string of the molecule is CCCCN(CCO)C1CCCCCC1C. The van der Waals surface area contributed by atoms with Gasteiger partial charge < -0.3 is 5.11 Å². The fourth-order valence-electron chi connectivity index (χ4n) is 2.95. The molecule has 1 aliphatic rings. The molecule has 0 aliphatic heterocycles. The average Bonchev–Trinajstić information content (AvgIpc) is 2.49. The molecule has 16 heavy (non-hydrogen) atoms. The first kappa shape index (κ1) is 14.0. The molecule has 0 spiro atoms. The minimum Gasteiger partial charge on any atom is -0.395 e. The van der Waals surface area contributed by atoms with Crippen LogP contribution in [-0.2, 0) is 0 Å². The van der Waals surface area contributed by atoms with E-state index in [1.165, 1.54) is 51.5 Å². The van der Waals surface area contributed by atoms with E-state index < -0.39 is 0 Å². The number of rotatable bonds is 6. The second kappa shape index (κ2) is 8.08. The number of aliphatic hydroxyl groups is 1. The van der Waals surface area contributed by atoms with Crippen molar-refractivity contribution in [1.29, 1.82) is 0 Å². The third-order valence-corrected chi connectivity index (χ3v) is 3.97. The summed E-state index contributed by atoms with van der Waals surface area (Å²) in [7, 11) is 0. The van der Waals surface area contributed by atoms with Crippen LogP contribution >= 0.6 is 0 Å². The highest BCUT2D eigenvalue weighted by Crippen LogP contribution is 2.27. The van der Waals surface area contributed by atoms with Crippen molar-refractivity contribution in [3.8, 4) is 0 Å². The van der Waals surface area contributed by atoms with Crippen LogP contribution in [0.4, 0.5) is 0 Å². The second-order valence-electron chi connectivity index (χ2n) is 5.30. The molecule has 2 nitrogen and oxygen atoms in total. The van der Waals surface area contributed by atoms with E-state index in [-0.39, 0.29) is 0 Å². The molecule has 0 aromatic heterocycles. The zero-order valence-corrected chi connectivity index (χ0v) is 11.1. The van der Waals surface area contributed by atoms with Crippen molar-refractivity contribution in [1.82, 2.24) is 4.90 Å². The van der Waals surface area contributed by atoms with Crippen LogP contribution in [0.25, 0.3) is 0 Å². The minimum absolute atomic E-state index is 0.312. The van der Waals surface area contributed by atoms with Crippen LogP contribution in [-0.4, -0.2) is 35.7 Å². The Labute approximate surface area is 101 Å². The highest BCUT2D eigenvalue weighted by molar-refractivity contribution is 4.79. The number of hydrogen-bond acceptors (Lipinski definition) is 2. The number of aliphatic hydroxyl groups excluding tert-OH is 1. The molecule has 2 heteroatoms. The van der Waals surface area contributed by atoms with Gasteiger partial charge in [-0.2, -0.15) is 0 Å². The second-order valence-corrected chi connectivity index (χ2v) is 5.30. The predicted molar refractivity (Wildman–Crippen MR) is 69.6 cm³/mol. The van der Waals surface area contributed by atoms with Crippen LogP contribution in [0.3, 0.4) is 0 Å². The van der Waals surface area contributed by atoms with E-state index in [9.17, 15) is 5.11 Å². The van der Waals surface area contributed by atoms with Crippen molar-refractivity contribution in [2.75, 3.05) is 19.7 Å². The lowest BCUT2D eigenvalue weighted by Crippen LogP contribution is -2.41. The lowest BCUT2D eigenvalue weighted by Gasteiger charge is -2.34. The van der Waals surface area contributed by atoms with Crippen molar-refractivity contribution in [2.24, 2.45) is 5.92 Å². The van der Waals surface area contributed by atoms with Crippen LogP contribution in [0.1, 0.15) is 58.8 Å². The monoisotopic (exact) mass is 227 g/mol. The summed E-state index contributed by atoms with van der Waals surface area (Å²) in [6.07, 6.45) is 9.42. The Morgan fingerprint density at radius 1 is 1.12 bits per heavy atom. The van der Waals surface area contributed by atoms with Gasteiger partial charge in [0.2, 0.25) is 0 Å². The van der Waals surface area contributed by atoms with Gasteiger partial charge in [-0.05, 0) is 31.7 Å². The first-order valence-electron chi connectivity index (χ1n) is 7.14. The van der Waals surface area contributed by atoms with Crippen molar-refractivity contribution in [3.63, 3.8) is 0 Å². The normalized spacial score (nSPS) is 27.0. The molecular formula is C14H29NO. The van der Waals surface area contributed by atoms with E-state index in [1.54, 1.807) is 0 Å². The molecule has 0 heterocycles. The Morgan fingerprint density at radius 2 is 1.88 bits per heavy atom. The first-order valence-corrected chi connectivity index (χ1v) is 7.14. The Kier molecular flexibility index (Phi) is 7.06. The molecule has 0 aromatic carbocycles. The zero-order valence-electron chi connectivity index (χ0n) is 11.1. The van der Waals surface area contributed by atoms with Gasteiger partial charge in [-0.15, -0.1) is 0 Å². The molecule has 1 aliphatic carbocycles. The van der Waals surface area contributed by atoms with Gasteiger partial charge in [0, 0.05) is 12.6 Å². The molecule has 0 saturated heterocycles. The van der Waals surface area contributed by atoms with E-state index in [4.69, 9.17) is 0 Å². The fourth-order valence-corrected chi connectivity index (χ4v) is 2.95. The summed E-state index contributed by atoms with van der Waals surface area (Å²) in [6.45, 7) is 6.99. The highest BCUT2D eigenvalue weighted by atomic mass is 16.3. The van der Waals surface area contributed by atoms with Gasteiger partial charge >= 0.3 is 0 Å². The molecule has 1 N–H and O–H groups in total. The maximum atomic E-state index is 9.18. The summed E-state index contributed by atoms with van der Waals surface area (Å²) in [5, 5.41) is 9.18. The van der Waals surface area contributed by atoms with Gasteiger partial charge in [0.1, 0.15) is 0 Å². The minimum atomic E-state index is 0.312. The molecule has 1 saturated carbocycles. The third-order valence-electron chi connectivity index (χ3n) is 3.97. The summed E-state index contributed by atoms with van der Waals surface area (Å²) in [6, 6.07) is 0.723. The summed E-state index contributed by atoms with van der Waals surface area (Å²) < 4.78 is 0. The summed E-state index contributed by atoms with van der Waals surface area (Å²) in [5.74, 6) is 0.811. The highest BCUT2D eigenvalue weighted by Gasteiger charge is 2.25. The van der Waals surface area contributed by atoms with E-state index >= 15 is 0 Å². The average molecular weight is 227 g/mol. The molecule has 0 amide bonds. The smallest absolute Gasteiger partial charge is 0.0558 e. The number of hydrogen-bond donors (Lipinski definition) is 1. The maximum absolute atomic E-state index is 9.18. The van der Waals surface area contributed by atoms with Crippen LogP contribution < -0.4 is 0 Å². The molecular weight excluding hydrogens is 198 g/mol. The topological polar surface area (TPSA) is 23.5 Å². The largest absolute Gasteiger partial charge is 0.395 e. The third kappa shape index (κ3) is 4.42. The fraction of sp³-hybridized carbons (Fsp3) is 1.00. The van der Waals surface area contributed by atoms with Gasteiger partial charge in [-0.25, -0.2) is 0 Å². The van der Waals surface area contributed by atoms with Crippen LogP contribution in [0.5, 0.6) is 0 Å². The molecule has 0 radical (unpaired) electrons. The van der Waals surface area contributed by atoms with Gasteiger partial charge in [-0.3, -0.25) is 4.90 Å². The molecule has 2 atom stereocenters. The van der Waals surface area contributed by atoms with Gasteiger partial charge in [0.15, 0.2) is 0 Å². The lowest BCUT2D eigenvalue weighted by atomic mass is 9.95. The van der Waals surface area contributed by atoms with E-state index in [0.717, 1.165) is 18.5 Å². The van der Waals surface area contributed by atoms with Crippen LogP contribution in [0.2, 0.25) is 0 Å². The van der Waals surface area contributed by atoms with Crippen molar-refractivity contribution < 1.29 is 5.11 Å². The predicted octanol–water partition coefficient (Wildman–Crippen LogP) is 3.05. The number of unbranched alkanes of at least 4 members (excludes halogenated alkanes) is 1. The van der Waals surface area contributed by atoms with Crippen molar-refractivity contribution >= 4 is 0 Å². The molecule has 1 fully saturated rings. The molecule has 0 aromatic rings. The summed E-state index contributed by atoms with van der Waals surface area (Å²) in [5.41, 5.74) is 0. The standard InChI is InChI=1S/C14H29NO/c1-3-4-10-15(11-12-16)14-9-7-5-6-8-13(14)2/h13-14,16H,3-12H2,1-2H3. The van der Waals surface area contributed by atoms with Gasteiger partial charge in [0.25, 0.3) is 0 Å². The van der Waals surface area contributed by atoms with E-state index in [1.807, 2.05) is 0 Å². The molecule has 0 bridgehead atoms. The summed E-state index contributed by atoms with van der Waals surface area (Å²) >= 11 is 0. The van der Waals surface area contributed by atoms with Crippen molar-refractivity contribution in [3.05, 3.63) is 0 Å². The maximum Gasteiger partial charge on any atom is 0.0558 e. The first-order chi connectivity index (χ1) is 7.79. The molecule has 1 rings (SSSR count). The Hall–Kier alpha value is -0.0800. The Bertz CT molecular complexity index is 172. The Balaban J connectivity index is 2.51. The Morgan fingerprint density at radius 3 is 2.56 bits per heavy atom. The van der Waals surface area contributed by atoms with Gasteiger partial charge in [0.05, 0.1) is 6.61 Å².